The smallest absolute Gasteiger partial charge is 0.253 e. The highest BCUT2D eigenvalue weighted by molar-refractivity contribution is 6.01. The molecule has 4 rings (SSSR count). The monoisotopic (exact) mass is 442 g/mol. The van der Waals surface area contributed by atoms with E-state index in [-0.39, 0.29) is 17.7 Å². The van der Waals surface area contributed by atoms with Crippen molar-refractivity contribution in [1.82, 2.24) is 20.2 Å². The molecule has 0 radical (unpaired) electrons. The van der Waals surface area contributed by atoms with Gasteiger partial charge in [0.2, 0.25) is 0 Å². The number of benzene rings is 2. The van der Waals surface area contributed by atoms with Crippen LogP contribution in [0.5, 0.6) is 0 Å². The largest absolute Gasteiger partial charge is 0.348 e. The lowest BCUT2D eigenvalue weighted by molar-refractivity contribution is 0.0793. The first-order valence-electron chi connectivity index (χ1n) is 11.5. The maximum atomic E-state index is 13.1. The van der Waals surface area contributed by atoms with Crippen molar-refractivity contribution in [2.75, 3.05) is 13.1 Å². The van der Waals surface area contributed by atoms with E-state index in [0.717, 1.165) is 54.0 Å². The number of nitrogens with one attached hydrogen (secondary N) is 1. The molecule has 0 atom stereocenters. The fourth-order valence-corrected chi connectivity index (χ4v) is 3.94. The first-order chi connectivity index (χ1) is 15.9. The van der Waals surface area contributed by atoms with Gasteiger partial charge in [0.05, 0.1) is 0 Å². The molecule has 1 saturated heterocycles. The zero-order valence-electron chi connectivity index (χ0n) is 19.5. The first kappa shape index (κ1) is 22.6. The molecule has 6 heteroatoms. The van der Waals surface area contributed by atoms with Crippen LogP contribution in [-0.4, -0.2) is 39.8 Å². The van der Waals surface area contributed by atoms with E-state index >= 15 is 0 Å². The summed E-state index contributed by atoms with van der Waals surface area (Å²) < 4.78 is 0. The molecule has 2 amide bonds. The normalized spacial score (nSPS) is 13.4. The Morgan fingerprint density at radius 1 is 0.939 bits per heavy atom. The molecule has 1 fully saturated rings. The van der Waals surface area contributed by atoms with Crippen molar-refractivity contribution < 1.29 is 9.59 Å². The highest BCUT2D eigenvalue weighted by Gasteiger charge is 2.21. The van der Waals surface area contributed by atoms with E-state index in [9.17, 15) is 9.59 Å². The Labute approximate surface area is 195 Å². The van der Waals surface area contributed by atoms with Crippen LogP contribution in [0.3, 0.4) is 0 Å². The minimum atomic E-state index is -0.229. The summed E-state index contributed by atoms with van der Waals surface area (Å²) in [6, 6.07) is 13.5. The van der Waals surface area contributed by atoms with Gasteiger partial charge in [-0.2, -0.15) is 0 Å². The van der Waals surface area contributed by atoms with Gasteiger partial charge in [0.15, 0.2) is 0 Å². The van der Waals surface area contributed by atoms with E-state index in [1.807, 2.05) is 62.1 Å². The summed E-state index contributed by atoms with van der Waals surface area (Å²) in [6.07, 6.45) is 5.53. The van der Waals surface area contributed by atoms with E-state index in [4.69, 9.17) is 0 Å². The number of nitrogens with zero attached hydrogens (tertiary/aromatic N) is 3. The molecular formula is C27H30N4O2. The number of rotatable bonds is 6. The summed E-state index contributed by atoms with van der Waals surface area (Å²) in [4.78, 5) is 36.7. The van der Waals surface area contributed by atoms with Crippen LogP contribution in [0.4, 0.5) is 0 Å². The Kier molecular flexibility index (Phi) is 6.82. The molecule has 170 valence electrons. The SMILES string of the molecule is Cc1ccc(-c2cc(C(=O)NCc3cnc(C(C)C)nc3)cc(C(=O)N3CCCC3)c2)cc1. The Balaban J connectivity index is 1.59. The fraction of sp³-hybridized carbons (Fsp3) is 0.333. The van der Waals surface area contributed by atoms with E-state index in [1.54, 1.807) is 18.5 Å². The fourth-order valence-electron chi connectivity index (χ4n) is 3.94. The van der Waals surface area contributed by atoms with Crippen LogP contribution in [0.1, 0.15) is 70.3 Å². The van der Waals surface area contributed by atoms with Crippen molar-refractivity contribution in [3.8, 4) is 11.1 Å². The second-order valence-corrected chi connectivity index (χ2v) is 8.95. The van der Waals surface area contributed by atoms with Gasteiger partial charge in [0.25, 0.3) is 11.8 Å². The maximum Gasteiger partial charge on any atom is 0.253 e. The summed E-state index contributed by atoms with van der Waals surface area (Å²) in [5.74, 6) is 0.784. The van der Waals surface area contributed by atoms with Crippen LogP contribution in [0.25, 0.3) is 11.1 Å². The van der Waals surface area contributed by atoms with Gasteiger partial charge in [-0.15, -0.1) is 0 Å². The number of likely N-dealkylation sites (tertiary alicyclic amines) is 1. The third kappa shape index (κ3) is 5.45. The topological polar surface area (TPSA) is 75.2 Å². The third-order valence-corrected chi connectivity index (χ3v) is 5.92. The van der Waals surface area contributed by atoms with Crippen molar-refractivity contribution in [2.24, 2.45) is 0 Å². The Morgan fingerprint density at radius 3 is 2.21 bits per heavy atom. The van der Waals surface area contributed by atoms with Gasteiger partial charge in [-0.1, -0.05) is 43.7 Å². The van der Waals surface area contributed by atoms with Crippen molar-refractivity contribution in [3.05, 3.63) is 82.9 Å². The predicted octanol–water partition coefficient (Wildman–Crippen LogP) is 4.74. The van der Waals surface area contributed by atoms with Crippen LogP contribution >= 0.6 is 0 Å². The number of carbonyl (C=O) groups excluding carboxylic acids is 2. The Morgan fingerprint density at radius 2 is 1.58 bits per heavy atom. The molecule has 1 aliphatic heterocycles. The van der Waals surface area contributed by atoms with E-state index in [0.29, 0.717) is 17.7 Å². The highest BCUT2D eigenvalue weighted by atomic mass is 16.2. The molecule has 3 aromatic rings. The molecule has 0 saturated carbocycles. The third-order valence-electron chi connectivity index (χ3n) is 5.92. The maximum absolute atomic E-state index is 13.1. The average molecular weight is 443 g/mol. The van der Waals surface area contributed by atoms with Crippen molar-refractivity contribution in [1.29, 1.82) is 0 Å². The van der Waals surface area contributed by atoms with Gasteiger partial charge in [-0.25, -0.2) is 9.97 Å². The zero-order chi connectivity index (χ0) is 23.4. The molecule has 2 heterocycles. The molecule has 0 aliphatic carbocycles. The van der Waals surface area contributed by atoms with E-state index in [1.165, 1.54) is 0 Å². The second-order valence-electron chi connectivity index (χ2n) is 8.95. The number of hydrogen-bond acceptors (Lipinski definition) is 4. The lowest BCUT2D eigenvalue weighted by Crippen LogP contribution is -2.28. The molecule has 1 aromatic heterocycles. The molecule has 6 nitrogen and oxygen atoms in total. The van der Waals surface area contributed by atoms with Gasteiger partial charge < -0.3 is 10.2 Å². The summed E-state index contributed by atoms with van der Waals surface area (Å²) in [7, 11) is 0. The van der Waals surface area contributed by atoms with Gasteiger partial charge in [-0.05, 0) is 49.1 Å². The molecule has 1 N–H and O–H groups in total. The average Bonchev–Trinajstić information content (AvgIpc) is 3.37. The van der Waals surface area contributed by atoms with Crippen LogP contribution in [0.2, 0.25) is 0 Å². The van der Waals surface area contributed by atoms with Gasteiger partial charge >= 0.3 is 0 Å². The second kappa shape index (κ2) is 9.94. The van der Waals surface area contributed by atoms with Crippen molar-refractivity contribution >= 4 is 11.8 Å². The van der Waals surface area contributed by atoms with Crippen LogP contribution in [0.15, 0.2) is 54.9 Å². The summed E-state index contributed by atoms with van der Waals surface area (Å²) in [6.45, 7) is 7.97. The number of carbonyl (C=O) groups is 2. The number of aryl methyl sites for hydroxylation is 1. The number of hydrogen-bond donors (Lipinski definition) is 1. The zero-order valence-corrected chi connectivity index (χ0v) is 19.5. The minimum absolute atomic E-state index is 0.0202. The Bertz CT molecular complexity index is 1130. The molecular weight excluding hydrogens is 412 g/mol. The molecule has 0 bridgehead atoms. The van der Waals surface area contributed by atoms with Crippen molar-refractivity contribution in [3.63, 3.8) is 0 Å². The summed E-state index contributed by atoms with van der Waals surface area (Å²) in [5, 5.41) is 2.94. The number of amides is 2. The summed E-state index contributed by atoms with van der Waals surface area (Å²) in [5.41, 5.74) is 4.83. The quantitative estimate of drug-likeness (QED) is 0.598. The predicted molar refractivity (Wildman–Crippen MR) is 129 cm³/mol. The van der Waals surface area contributed by atoms with E-state index < -0.39 is 0 Å². The van der Waals surface area contributed by atoms with Gasteiger partial charge in [-0.3, -0.25) is 9.59 Å². The van der Waals surface area contributed by atoms with Crippen LogP contribution < -0.4 is 5.32 Å². The molecule has 0 spiro atoms. The standard InChI is InChI=1S/C27H30N4O2/c1-18(2)25-28-15-20(16-29-25)17-30-26(32)23-12-22(21-8-6-19(3)7-9-21)13-24(14-23)27(33)31-10-4-5-11-31/h6-9,12-16,18H,4-5,10-11,17H2,1-3H3,(H,30,32). The van der Waals surface area contributed by atoms with Gasteiger partial charge in [0.1, 0.15) is 5.82 Å². The minimum Gasteiger partial charge on any atom is -0.348 e. The Hall–Kier alpha value is -3.54. The van der Waals surface area contributed by atoms with E-state index in [2.05, 4.69) is 15.3 Å². The van der Waals surface area contributed by atoms with Gasteiger partial charge in [0, 0.05) is 54.6 Å². The van der Waals surface area contributed by atoms with Crippen LogP contribution in [0, 0.1) is 6.92 Å². The molecule has 33 heavy (non-hydrogen) atoms. The first-order valence-corrected chi connectivity index (χ1v) is 11.5. The molecule has 2 aromatic carbocycles. The lowest BCUT2D eigenvalue weighted by atomic mass is 9.98. The molecule has 1 aliphatic rings. The highest BCUT2D eigenvalue weighted by Crippen LogP contribution is 2.25. The summed E-state index contributed by atoms with van der Waals surface area (Å²) >= 11 is 0. The molecule has 0 unspecified atom stereocenters. The number of aromatic nitrogens is 2. The lowest BCUT2D eigenvalue weighted by Gasteiger charge is -2.17. The van der Waals surface area contributed by atoms with Crippen molar-refractivity contribution in [2.45, 2.75) is 46.1 Å². The van der Waals surface area contributed by atoms with Crippen LogP contribution in [-0.2, 0) is 6.54 Å².